The van der Waals surface area contributed by atoms with Crippen molar-refractivity contribution in [3.8, 4) is 0 Å². The Morgan fingerprint density at radius 1 is 1.27 bits per heavy atom. The van der Waals surface area contributed by atoms with Crippen LogP contribution in [0, 0.1) is 6.92 Å². The molecule has 8 nitrogen and oxygen atoms in total. The molecular formula is C18H27N5O3. The molecule has 3 rings (SSSR count). The van der Waals surface area contributed by atoms with Crippen molar-refractivity contribution in [2.24, 2.45) is 0 Å². The van der Waals surface area contributed by atoms with Gasteiger partial charge in [-0.15, -0.1) is 0 Å². The molecule has 3 heterocycles. The largest absolute Gasteiger partial charge is 0.378 e. The Hall–Kier alpha value is -2.06. The zero-order chi connectivity index (χ0) is 18.7. The maximum Gasteiger partial charge on any atom is 0.258 e. The van der Waals surface area contributed by atoms with Crippen LogP contribution >= 0.6 is 0 Å². The molecule has 1 aromatic heterocycles. The highest BCUT2D eigenvalue weighted by molar-refractivity contribution is 5.98. The fourth-order valence-corrected chi connectivity index (χ4v) is 3.29. The van der Waals surface area contributed by atoms with Crippen LogP contribution in [0.1, 0.15) is 41.6 Å². The highest BCUT2D eigenvalue weighted by Crippen LogP contribution is 2.17. The van der Waals surface area contributed by atoms with Crippen molar-refractivity contribution < 1.29 is 14.3 Å². The van der Waals surface area contributed by atoms with Gasteiger partial charge in [0.2, 0.25) is 5.91 Å². The van der Waals surface area contributed by atoms with E-state index in [1.807, 2.05) is 20.8 Å². The van der Waals surface area contributed by atoms with Crippen LogP contribution in [0.5, 0.6) is 0 Å². The monoisotopic (exact) mass is 361 g/mol. The lowest BCUT2D eigenvalue weighted by molar-refractivity contribution is -0.140. The summed E-state index contributed by atoms with van der Waals surface area (Å²) in [6.07, 6.45) is 1.60. The number of hydrogen-bond donors (Lipinski definition) is 1. The van der Waals surface area contributed by atoms with Gasteiger partial charge < -0.3 is 19.9 Å². The molecule has 2 aliphatic heterocycles. The second kappa shape index (κ2) is 8.09. The summed E-state index contributed by atoms with van der Waals surface area (Å²) in [5.41, 5.74) is 1.13. The maximum absolute atomic E-state index is 13.1. The van der Waals surface area contributed by atoms with Crippen molar-refractivity contribution in [3.63, 3.8) is 0 Å². The van der Waals surface area contributed by atoms with Crippen LogP contribution in [-0.4, -0.2) is 83.6 Å². The molecule has 0 saturated carbocycles. The minimum Gasteiger partial charge on any atom is -0.378 e. The van der Waals surface area contributed by atoms with Crippen LogP contribution < -0.4 is 5.32 Å². The van der Waals surface area contributed by atoms with E-state index in [-0.39, 0.29) is 17.7 Å². The molecule has 8 heteroatoms. The number of piperazine rings is 1. The number of aromatic nitrogens is 2. The second-order valence-corrected chi connectivity index (χ2v) is 7.04. The number of hydrogen-bond acceptors (Lipinski definition) is 6. The van der Waals surface area contributed by atoms with E-state index in [4.69, 9.17) is 4.74 Å². The van der Waals surface area contributed by atoms with Gasteiger partial charge in [-0.05, 0) is 6.92 Å². The summed E-state index contributed by atoms with van der Waals surface area (Å²) in [7, 11) is 0. The zero-order valence-electron chi connectivity index (χ0n) is 15.7. The molecule has 0 bridgehead atoms. The molecule has 26 heavy (non-hydrogen) atoms. The molecule has 1 atom stereocenters. The summed E-state index contributed by atoms with van der Waals surface area (Å²) >= 11 is 0. The van der Waals surface area contributed by atoms with Crippen molar-refractivity contribution in [2.75, 3.05) is 45.9 Å². The van der Waals surface area contributed by atoms with E-state index in [2.05, 4.69) is 15.3 Å². The predicted molar refractivity (Wildman–Crippen MR) is 96.0 cm³/mol. The van der Waals surface area contributed by atoms with Crippen LogP contribution in [0.15, 0.2) is 6.20 Å². The van der Waals surface area contributed by atoms with E-state index in [0.29, 0.717) is 57.2 Å². The first-order valence-electron chi connectivity index (χ1n) is 9.20. The summed E-state index contributed by atoms with van der Waals surface area (Å²) in [6.45, 7) is 9.71. The lowest BCUT2D eigenvalue weighted by Gasteiger charge is -2.39. The van der Waals surface area contributed by atoms with Gasteiger partial charge in [-0.25, -0.2) is 9.97 Å². The van der Waals surface area contributed by atoms with Crippen LogP contribution in [0.25, 0.3) is 0 Å². The quantitative estimate of drug-likeness (QED) is 0.826. The van der Waals surface area contributed by atoms with Crippen molar-refractivity contribution in [2.45, 2.75) is 32.7 Å². The van der Waals surface area contributed by atoms with Crippen molar-refractivity contribution in [1.82, 2.24) is 25.1 Å². The molecule has 0 spiro atoms. The number of nitrogens with one attached hydrogen (secondary N) is 1. The first kappa shape index (κ1) is 18.7. The van der Waals surface area contributed by atoms with Gasteiger partial charge >= 0.3 is 0 Å². The van der Waals surface area contributed by atoms with Crippen LogP contribution in [0.4, 0.5) is 0 Å². The first-order valence-corrected chi connectivity index (χ1v) is 9.20. The van der Waals surface area contributed by atoms with Crippen LogP contribution in [-0.2, 0) is 9.53 Å². The molecule has 2 fully saturated rings. The highest BCUT2D eigenvalue weighted by Gasteiger charge is 2.36. The normalized spacial score (nSPS) is 21.2. The summed E-state index contributed by atoms with van der Waals surface area (Å²) in [6, 6.07) is -0.501. The molecule has 1 N–H and O–H groups in total. The molecule has 2 aliphatic rings. The fraction of sp³-hybridized carbons (Fsp3) is 0.667. The molecule has 2 saturated heterocycles. The average Bonchev–Trinajstić information content (AvgIpc) is 2.67. The average molecular weight is 361 g/mol. The molecule has 0 unspecified atom stereocenters. The van der Waals surface area contributed by atoms with E-state index < -0.39 is 6.04 Å². The van der Waals surface area contributed by atoms with Crippen LogP contribution in [0.2, 0.25) is 0 Å². The molecule has 0 aromatic carbocycles. The van der Waals surface area contributed by atoms with E-state index in [1.165, 1.54) is 0 Å². The van der Waals surface area contributed by atoms with Gasteiger partial charge in [0, 0.05) is 44.8 Å². The van der Waals surface area contributed by atoms with Crippen molar-refractivity contribution in [3.05, 3.63) is 23.3 Å². The van der Waals surface area contributed by atoms with Gasteiger partial charge in [-0.3, -0.25) is 9.59 Å². The Balaban J connectivity index is 1.80. The van der Waals surface area contributed by atoms with Crippen molar-refractivity contribution >= 4 is 11.8 Å². The fourth-order valence-electron chi connectivity index (χ4n) is 3.29. The van der Waals surface area contributed by atoms with E-state index in [0.717, 1.165) is 5.82 Å². The Morgan fingerprint density at radius 2 is 2.00 bits per heavy atom. The maximum atomic E-state index is 13.1. The lowest BCUT2D eigenvalue weighted by atomic mass is 10.1. The Bertz CT molecular complexity index is 673. The van der Waals surface area contributed by atoms with Gasteiger partial charge in [0.15, 0.2) is 0 Å². The number of ether oxygens (including phenoxy) is 1. The Kier molecular flexibility index (Phi) is 5.83. The topological polar surface area (TPSA) is 87.7 Å². The summed E-state index contributed by atoms with van der Waals surface area (Å²) in [5, 5.41) is 3.23. The minimum absolute atomic E-state index is 0.0220. The molecular weight excluding hydrogens is 334 g/mol. The number of carbonyl (C=O) groups excluding carboxylic acids is 2. The van der Waals surface area contributed by atoms with E-state index in [9.17, 15) is 9.59 Å². The molecule has 0 radical (unpaired) electrons. The summed E-state index contributed by atoms with van der Waals surface area (Å²) in [5.74, 6) is 0.727. The SMILES string of the molecule is Cc1nc(C(C)C)ncc1C(=O)N1CCNC[C@H]1C(=O)N1CCOCC1. The third-order valence-corrected chi connectivity index (χ3v) is 4.86. The van der Waals surface area contributed by atoms with Crippen LogP contribution in [0.3, 0.4) is 0 Å². The number of morpholine rings is 1. The number of rotatable bonds is 3. The molecule has 1 aromatic rings. The second-order valence-electron chi connectivity index (χ2n) is 7.04. The minimum atomic E-state index is -0.501. The number of nitrogens with zero attached hydrogens (tertiary/aromatic N) is 4. The van der Waals surface area contributed by atoms with E-state index in [1.54, 1.807) is 16.0 Å². The Morgan fingerprint density at radius 3 is 2.65 bits per heavy atom. The van der Waals surface area contributed by atoms with E-state index >= 15 is 0 Å². The lowest BCUT2D eigenvalue weighted by Crippen LogP contribution is -2.61. The smallest absolute Gasteiger partial charge is 0.258 e. The summed E-state index contributed by atoms with van der Waals surface area (Å²) < 4.78 is 5.32. The van der Waals surface area contributed by atoms with Gasteiger partial charge in [-0.1, -0.05) is 13.8 Å². The molecule has 0 aliphatic carbocycles. The number of aryl methyl sites for hydroxylation is 1. The molecule has 142 valence electrons. The van der Waals surface area contributed by atoms with Gasteiger partial charge in [0.1, 0.15) is 11.9 Å². The van der Waals surface area contributed by atoms with Gasteiger partial charge in [0.25, 0.3) is 5.91 Å². The highest BCUT2D eigenvalue weighted by atomic mass is 16.5. The number of carbonyl (C=O) groups is 2. The first-order chi connectivity index (χ1) is 12.5. The standard InChI is InChI=1S/C18H27N5O3/c1-12(2)16-20-10-14(13(3)21-16)17(24)23-5-4-19-11-15(23)18(25)22-6-8-26-9-7-22/h10,12,15,19H,4-9,11H2,1-3H3/t15-/m0/s1. The zero-order valence-corrected chi connectivity index (χ0v) is 15.7. The molecule has 2 amide bonds. The third-order valence-electron chi connectivity index (χ3n) is 4.86. The predicted octanol–water partition coefficient (Wildman–Crippen LogP) is 0.181. The van der Waals surface area contributed by atoms with Gasteiger partial charge in [-0.2, -0.15) is 0 Å². The number of amides is 2. The van der Waals surface area contributed by atoms with Gasteiger partial charge in [0.05, 0.1) is 24.5 Å². The van der Waals surface area contributed by atoms with Crippen molar-refractivity contribution in [1.29, 1.82) is 0 Å². The Labute approximate surface area is 153 Å². The third kappa shape index (κ3) is 3.86. The summed E-state index contributed by atoms with van der Waals surface area (Å²) in [4.78, 5) is 38.3.